The number of nitrogens with one attached hydrogen (secondary N) is 2. The lowest BCUT2D eigenvalue weighted by atomic mass is 9.89. The molecule has 1 aliphatic rings. The van der Waals surface area contributed by atoms with Crippen LogP contribution in [0.1, 0.15) is 48.1 Å². The lowest BCUT2D eigenvalue weighted by Crippen LogP contribution is -2.37. The van der Waals surface area contributed by atoms with Gasteiger partial charge in [0.1, 0.15) is 0 Å². The van der Waals surface area contributed by atoms with Gasteiger partial charge in [0.05, 0.1) is 20.3 Å². The van der Waals surface area contributed by atoms with Crippen molar-refractivity contribution in [3.8, 4) is 11.5 Å². The molecule has 0 fully saturated rings. The van der Waals surface area contributed by atoms with E-state index in [0.29, 0.717) is 17.2 Å². The first-order valence-electron chi connectivity index (χ1n) is 9.89. The Morgan fingerprint density at radius 3 is 2.28 bits per heavy atom. The second-order valence-electron chi connectivity index (χ2n) is 7.41. The van der Waals surface area contributed by atoms with Crippen LogP contribution in [0.3, 0.4) is 0 Å². The number of carbonyl (C=O) groups excluding carboxylic acids is 2. The van der Waals surface area contributed by atoms with E-state index < -0.39 is 11.8 Å². The first-order valence-corrected chi connectivity index (χ1v) is 9.89. The zero-order valence-corrected chi connectivity index (χ0v) is 17.4. The van der Waals surface area contributed by atoms with E-state index in [0.717, 1.165) is 24.0 Å². The van der Waals surface area contributed by atoms with Gasteiger partial charge in [-0.05, 0) is 67.9 Å². The second-order valence-corrected chi connectivity index (χ2v) is 7.41. The summed E-state index contributed by atoms with van der Waals surface area (Å²) in [4.78, 5) is 24.9. The van der Waals surface area contributed by atoms with E-state index in [4.69, 9.17) is 9.47 Å². The minimum atomic E-state index is -0.717. The van der Waals surface area contributed by atoms with Crippen LogP contribution in [0.15, 0.2) is 30.3 Å². The van der Waals surface area contributed by atoms with Crippen molar-refractivity contribution in [1.29, 1.82) is 0 Å². The van der Waals surface area contributed by atoms with E-state index in [9.17, 15) is 9.59 Å². The minimum absolute atomic E-state index is 0.257. The van der Waals surface area contributed by atoms with Crippen molar-refractivity contribution in [3.05, 3.63) is 52.6 Å². The van der Waals surface area contributed by atoms with E-state index in [-0.39, 0.29) is 6.04 Å². The Bertz CT molecular complexity index is 923. The van der Waals surface area contributed by atoms with Gasteiger partial charge in [0.15, 0.2) is 11.5 Å². The van der Waals surface area contributed by atoms with E-state index in [1.165, 1.54) is 31.1 Å². The average molecular weight is 396 g/mol. The summed E-state index contributed by atoms with van der Waals surface area (Å²) in [5.74, 6) is -0.348. The van der Waals surface area contributed by atoms with Gasteiger partial charge in [-0.3, -0.25) is 9.59 Å². The molecule has 0 saturated carbocycles. The van der Waals surface area contributed by atoms with Crippen molar-refractivity contribution < 1.29 is 19.1 Å². The number of rotatable bonds is 5. The Morgan fingerprint density at radius 1 is 0.931 bits per heavy atom. The molecule has 3 rings (SSSR count). The van der Waals surface area contributed by atoms with Crippen molar-refractivity contribution in [3.63, 3.8) is 0 Å². The number of ether oxygens (including phenoxy) is 2. The predicted octanol–water partition coefficient (Wildman–Crippen LogP) is 3.71. The molecule has 1 unspecified atom stereocenters. The number of fused-ring (bicyclic) bond motifs is 1. The molecule has 1 aliphatic carbocycles. The molecule has 29 heavy (non-hydrogen) atoms. The zero-order chi connectivity index (χ0) is 21.0. The lowest BCUT2D eigenvalue weighted by Gasteiger charge is -2.20. The largest absolute Gasteiger partial charge is 0.493 e. The molecule has 0 bridgehead atoms. The Hall–Kier alpha value is -3.02. The molecule has 6 nitrogen and oxygen atoms in total. The molecule has 1 atom stereocenters. The summed E-state index contributed by atoms with van der Waals surface area (Å²) in [5.41, 5.74) is 5.02. The SMILES string of the molecule is COc1cc(C)c(NC(=O)C(=O)NC(C)c2ccc3c(c2)CCCC3)cc1OC. The zero-order valence-electron chi connectivity index (χ0n) is 17.4. The third kappa shape index (κ3) is 4.70. The molecule has 154 valence electrons. The van der Waals surface area contributed by atoms with Crippen molar-refractivity contribution in [1.82, 2.24) is 5.32 Å². The molecule has 2 aromatic carbocycles. The molecule has 6 heteroatoms. The number of hydrogen-bond donors (Lipinski definition) is 2. The fourth-order valence-electron chi connectivity index (χ4n) is 3.66. The highest BCUT2D eigenvalue weighted by Gasteiger charge is 2.20. The van der Waals surface area contributed by atoms with Crippen LogP contribution in [-0.4, -0.2) is 26.0 Å². The Labute approximate surface area is 171 Å². The van der Waals surface area contributed by atoms with Crippen LogP contribution in [0.25, 0.3) is 0 Å². The highest BCUT2D eigenvalue weighted by molar-refractivity contribution is 6.39. The number of anilines is 1. The molecule has 0 saturated heterocycles. The van der Waals surface area contributed by atoms with Gasteiger partial charge in [-0.15, -0.1) is 0 Å². The Balaban J connectivity index is 1.67. The minimum Gasteiger partial charge on any atom is -0.493 e. The van der Waals surface area contributed by atoms with E-state index in [1.807, 2.05) is 19.9 Å². The topological polar surface area (TPSA) is 76.7 Å². The third-order valence-electron chi connectivity index (χ3n) is 5.41. The molecule has 0 aromatic heterocycles. The Kier molecular flexibility index (Phi) is 6.42. The van der Waals surface area contributed by atoms with Crippen LogP contribution in [0.2, 0.25) is 0 Å². The second kappa shape index (κ2) is 8.99. The van der Waals surface area contributed by atoms with Crippen LogP contribution in [0.5, 0.6) is 11.5 Å². The van der Waals surface area contributed by atoms with Crippen LogP contribution < -0.4 is 20.1 Å². The monoisotopic (exact) mass is 396 g/mol. The van der Waals surface area contributed by atoms with E-state index in [2.05, 4.69) is 22.8 Å². The maximum Gasteiger partial charge on any atom is 0.313 e. The molecule has 0 heterocycles. The highest BCUT2D eigenvalue weighted by Crippen LogP contribution is 2.33. The van der Waals surface area contributed by atoms with Gasteiger partial charge in [-0.1, -0.05) is 18.2 Å². The first kappa shape index (κ1) is 20.7. The van der Waals surface area contributed by atoms with Crippen molar-refractivity contribution in [2.75, 3.05) is 19.5 Å². The summed E-state index contributed by atoms with van der Waals surface area (Å²) in [6, 6.07) is 9.46. The van der Waals surface area contributed by atoms with E-state index >= 15 is 0 Å². The van der Waals surface area contributed by atoms with Gasteiger partial charge in [-0.2, -0.15) is 0 Å². The van der Waals surface area contributed by atoms with Gasteiger partial charge in [-0.25, -0.2) is 0 Å². The fourth-order valence-corrected chi connectivity index (χ4v) is 3.66. The molecular formula is C23H28N2O4. The molecule has 0 radical (unpaired) electrons. The number of amides is 2. The molecule has 2 aromatic rings. The van der Waals surface area contributed by atoms with Crippen molar-refractivity contribution in [2.45, 2.75) is 45.6 Å². The number of methoxy groups -OCH3 is 2. The summed E-state index contributed by atoms with van der Waals surface area (Å²) in [6.07, 6.45) is 4.62. The maximum absolute atomic E-state index is 12.4. The highest BCUT2D eigenvalue weighted by atomic mass is 16.5. The average Bonchev–Trinajstić information content (AvgIpc) is 2.74. The van der Waals surface area contributed by atoms with Crippen LogP contribution in [0.4, 0.5) is 5.69 Å². The molecule has 2 amide bonds. The maximum atomic E-state index is 12.4. The van der Waals surface area contributed by atoms with Crippen LogP contribution >= 0.6 is 0 Å². The van der Waals surface area contributed by atoms with E-state index in [1.54, 1.807) is 19.2 Å². The van der Waals surface area contributed by atoms with Gasteiger partial charge in [0, 0.05) is 11.8 Å². The fraction of sp³-hybridized carbons (Fsp3) is 0.391. The first-order chi connectivity index (χ1) is 13.9. The summed E-state index contributed by atoms with van der Waals surface area (Å²) in [7, 11) is 3.07. The van der Waals surface area contributed by atoms with Crippen LogP contribution in [-0.2, 0) is 22.4 Å². The van der Waals surface area contributed by atoms with Gasteiger partial charge in [0.25, 0.3) is 0 Å². The lowest BCUT2D eigenvalue weighted by molar-refractivity contribution is -0.136. The van der Waals surface area contributed by atoms with Crippen LogP contribution in [0, 0.1) is 6.92 Å². The third-order valence-corrected chi connectivity index (χ3v) is 5.41. The summed E-state index contributed by atoms with van der Waals surface area (Å²) >= 11 is 0. The number of aryl methyl sites for hydroxylation is 3. The number of carbonyl (C=O) groups is 2. The van der Waals surface area contributed by atoms with Gasteiger partial charge in [0.2, 0.25) is 0 Å². The molecular weight excluding hydrogens is 368 g/mol. The number of benzene rings is 2. The standard InChI is InChI=1S/C23H28N2O4/c1-14-11-20(28-3)21(29-4)13-19(14)25-23(27)22(26)24-15(2)17-10-9-16-7-5-6-8-18(16)12-17/h9-13,15H,5-8H2,1-4H3,(H,24,26)(H,25,27). The van der Waals surface area contributed by atoms with Gasteiger partial charge < -0.3 is 20.1 Å². The molecule has 0 aliphatic heterocycles. The molecule has 0 spiro atoms. The summed E-state index contributed by atoms with van der Waals surface area (Å²) in [5, 5.41) is 5.44. The smallest absolute Gasteiger partial charge is 0.313 e. The summed E-state index contributed by atoms with van der Waals surface area (Å²) < 4.78 is 10.5. The van der Waals surface area contributed by atoms with Crippen molar-refractivity contribution >= 4 is 17.5 Å². The van der Waals surface area contributed by atoms with Crippen molar-refractivity contribution in [2.24, 2.45) is 0 Å². The quantitative estimate of drug-likeness (QED) is 0.756. The van der Waals surface area contributed by atoms with Gasteiger partial charge >= 0.3 is 11.8 Å². The Morgan fingerprint density at radius 2 is 1.59 bits per heavy atom. The molecule has 2 N–H and O–H groups in total. The predicted molar refractivity (Wildman–Crippen MR) is 113 cm³/mol. The summed E-state index contributed by atoms with van der Waals surface area (Å²) in [6.45, 7) is 3.71. The number of hydrogen-bond acceptors (Lipinski definition) is 4. The normalized spacial score (nSPS) is 13.8.